The van der Waals surface area contributed by atoms with Crippen LogP contribution in [0.25, 0.3) is 0 Å². The smallest absolute Gasteiger partial charge is 0.255 e. The van der Waals surface area contributed by atoms with E-state index in [4.69, 9.17) is 9.26 Å². The minimum absolute atomic E-state index is 0.0622. The van der Waals surface area contributed by atoms with E-state index in [1.54, 1.807) is 16.7 Å². The van der Waals surface area contributed by atoms with Gasteiger partial charge in [0.2, 0.25) is 5.91 Å². The maximum absolute atomic E-state index is 12.2. The third kappa shape index (κ3) is 2.50. The number of anilines is 1. The summed E-state index contributed by atoms with van der Waals surface area (Å²) < 4.78 is 10.8. The molecule has 6 nitrogen and oxygen atoms in total. The first kappa shape index (κ1) is 13.8. The monoisotopic (exact) mass is 317 g/mol. The Hall–Kier alpha value is -1.86. The van der Waals surface area contributed by atoms with Crippen LogP contribution in [0.4, 0.5) is 5.69 Å². The SMILES string of the molecule is O=C1CSc2ccccc2N1Cc1noc([C@H]2CCCO2)n1. The summed E-state index contributed by atoms with van der Waals surface area (Å²) in [6.07, 6.45) is 1.82. The van der Waals surface area contributed by atoms with Crippen LogP contribution >= 0.6 is 11.8 Å². The minimum Gasteiger partial charge on any atom is -0.368 e. The number of amides is 1. The first-order chi connectivity index (χ1) is 10.8. The lowest BCUT2D eigenvalue weighted by atomic mass is 10.2. The fourth-order valence-corrected chi connectivity index (χ4v) is 3.64. The number of para-hydroxylation sites is 1. The van der Waals surface area contributed by atoms with Crippen molar-refractivity contribution in [2.24, 2.45) is 0 Å². The molecule has 7 heteroatoms. The number of thioether (sulfide) groups is 1. The van der Waals surface area contributed by atoms with E-state index < -0.39 is 0 Å². The molecule has 1 aromatic heterocycles. The Morgan fingerprint density at radius 2 is 2.27 bits per heavy atom. The molecule has 114 valence electrons. The number of hydrogen-bond acceptors (Lipinski definition) is 6. The average molecular weight is 317 g/mol. The predicted molar refractivity (Wildman–Crippen MR) is 80.6 cm³/mol. The van der Waals surface area contributed by atoms with Crippen molar-refractivity contribution in [2.75, 3.05) is 17.3 Å². The summed E-state index contributed by atoms with van der Waals surface area (Å²) in [5.74, 6) is 1.53. The summed E-state index contributed by atoms with van der Waals surface area (Å²) in [4.78, 5) is 19.4. The largest absolute Gasteiger partial charge is 0.368 e. The number of carbonyl (C=O) groups is 1. The van der Waals surface area contributed by atoms with E-state index in [-0.39, 0.29) is 12.0 Å². The van der Waals surface area contributed by atoms with Gasteiger partial charge in [0.05, 0.1) is 18.0 Å². The zero-order valence-electron chi connectivity index (χ0n) is 11.9. The number of benzene rings is 1. The first-order valence-electron chi connectivity index (χ1n) is 7.27. The molecule has 2 aliphatic rings. The van der Waals surface area contributed by atoms with Crippen LogP contribution in [0.1, 0.15) is 30.7 Å². The van der Waals surface area contributed by atoms with Crippen LogP contribution in [0, 0.1) is 0 Å². The van der Waals surface area contributed by atoms with Gasteiger partial charge in [-0.05, 0) is 25.0 Å². The molecule has 1 atom stereocenters. The highest BCUT2D eigenvalue weighted by molar-refractivity contribution is 8.00. The lowest BCUT2D eigenvalue weighted by molar-refractivity contribution is -0.116. The molecule has 2 aromatic rings. The molecule has 0 N–H and O–H groups in total. The topological polar surface area (TPSA) is 68.5 Å². The van der Waals surface area contributed by atoms with Gasteiger partial charge in [-0.1, -0.05) is 17.3 Å². The third-order valence-electron chi connectivity index (χ3n) is 3.80. The second-order valence-electron chi connectivity index (χ2n) is 5.29. The van der Waals surface area contributed by atoms with Crippen LogP contribution in [-0.4, -0.2) is 28.4 Å². The third-order valence-corrected chi connectivity index (χ3v) is 4.84. The molecule has 1 aromatic carbocycles. The standard InChI is InChI=1S/C15H15N3O3S/c19-14-9-22-12-6-2-1-4-10(12)18(14)8-13-16-15(21-17-13)11-5-3-7-20-11/h1-2,4,6,11H,3,5,7-9H2/t11-/m1/s1. The van der Waals surface area contributed by atoms with Crippen LogP contribution in [-0.2, 0) is 16.1 Å². The van der Waals surface area contributed by atoms with Gasteiger partial charge in [0.15, 0.2) is 5.82 Å². The summed E-state index contributed by atoms with van der Waals surface area (Å²) in [6.45, 7) is 1.06. The number of nitrogens with zero attached hydrogens (tertiary/aromatic N) is 3. The Bertz CT molecular complexity index is 697. The van der Waals surface area contributed by atoms with Gasteiger partial charge in [0.1, 0.15) is 6.10 Å². The predicted octanol–water partition coefficient (Wildman–Crippen LogP) is 2.56. The van der Waals surface area contributed by atoms with Gasteiger partial charge in [-0.3, -0.25) is 4.79 Å². The molecule has 0 aliphatic carbocycles. The van der Waals surface area contributed by atoms with Gasteiger partial charge < -0.3 is 14.2 Å². The van der Waals surface area contributed by atoms with Crippen LogP contribution in [0.5, 0.6) is 0 Å². The normalized spacial score (nSPS) is 21.2. The maximum atomic E-state index is 12.2. The van der Waals surface area contributed by atoms with E-state index in [0.29, 0.717) is 24.0 Å². The van der Waals surface area contributed by atoms with Crippen molar-refractivity contribution in [1.29, 1.82) is 0 Å². The van der Waals surface area contributed by atoms with Crippen molar-refractivity contribution in [3.05, 3.63) is 36.0 Å². The highest BCUT2D eigenvalue weighted by Gasteiger charge is 2.28. The number of aromatic nitrogens is 2. The zero-order chi connectivity index (χ0) is 14.9. The van der Waals surface area contributed by atoms with Crippen LogP contribution < -0.4 is 4.90 Å². The van der Waals surface area contributed by atoms with Crippen molar-refractivity contribution in [3.8, 4) is 0 Å². The average Bonchev–Trinajstić information content (AvgIpc) is 3.21. The van der Waals surface area contributed by atoms with E-state index in [2.05, 4.69) is 10.1 Å². The van der Waals surface area contributed by atoms with Crippen LogP contribution in [0.15, 0.2) is 33.7 Å². The van der Waals surface area contributed by atoms with Gasteiger partial charge in [-0.2, -0.15) is 4.98 Å². The van der Waals surface area contributed by atoms with E-state index >= 15 is 0 Å². The molecule has 1 amide bonds. The molecule has 0 radical (unpaired) electrons. The van der Waals surface area contributed by atoms with Crippen molar-refractivity contribution >= 4 is 23.4 Å². The number of ether oxygens (including phenoxy) is 1. The van der Waals surface area contributed by atoms with Gasteiger partial charge in [0.25, 0.3) is 5.89 Å². The quantitative estimate of drug-likeness (QED) is 0.866. The summed E-state index contributed by atoms with van der Waals surface area (Å²) in [6, 6.07) is 7.87. The van der Waals surface area contributed by atoms with E-state index in [9.17, 15) is 4.79 Å². The van der Waals surface area contributed by atoms with Gasteiger partial charge >= 0.3 is 0 Å². The zero-order valence-corrected chi connectivity index (χ0v) is 12.7. The molecule has 22 heavy (non-hydrogen) atoms. The van der Waals surface area contributed by atoms with Crippen molar-refractivity contribution in [1.82, 2.24) is 10.1 Å². The lowest BCUT2D eigenvalue weighted by Gasteiger charge is -2.27. The number of hydrogen-bond donors (Lipinski definition) is 0. The number of fused-ring (bicyclic) bond motifs is 1. The molecule has 3 heterocycles. The molecule has 2 aliphatic heterocycles. The molecule has 0 bridgehead atoms. The summed E-state index contributed by atoms with van der Waals surface area (Å²) in [5.41, 5.74) is 0.909. The fourth-order valence-electron chi connectivity index (χ4n) is 2.70. The number of carbonyl (C=O) groups excluding carboxylic acids is 1. The maximum Gasteiger partial charge on any atom is 0.255 e. The second kappa shape index (κ2) is 5.73. The van der Waals surface area contributed by atoms with E-state index in [1.807, 2.05) is 24.3 Å². The highest BCUT2D eigenvalue weighted by atomic mass is 32.2. The minimum atomic E-state index is -0.0962. The van der Waals surface area contributed by atoms with Crippen LogP contribution in [0.3, 0.4) is 0 Å². The Labute approximate surface area is 131 Å². The second-order valence-corrected chi connectivity index (χ2v) is 6.30. The Morgan fingerprint density at radius 3 is 3.14 bits per heavy atom. The Kier molecular flexibility index (Phi) is 3.59. The van der Waals surface area contributed by atoms with Gasteiger partial charge in [-0.15, -0.1) is 11.8 Å². The van der Waals surface area contributed by atoms with Gasteiger partial charge in [0, 0.05) is 11.5 Å². The molecule has 1 saturated heterocycles. The molecule has 4 rings (SSSR count). The highest BCUT2D eigenvalue weighted by Crippen LogP contribution is 2.35. The molecule has 1 fully saturated rings. The lowest BCUT2D eigenvalue weighted by Crippen LogP contribution is -2.35. The first-order valence-corrected chi connectivity index (χ1v) is 8.26. The van der Waals surface area contributed by atoms with Crippen molar-refractivity contribution in [3.63, 3.8) is 0 Å². The molecule has 0 saturated carbocycles. The molecule has 0 spiro atoms. The van der Waals surface area contributed by atoms with E-state index in [0.717, 1.165) is 30.0 Å². The fraction of sp³-hybridized carbons (Fsp3) is 0.400. The van der Waals surface area contributed by atoms with E-state index in [1.165, 1.54) is 0 Å². The summed E-state index contributed by atoms with van der Waals surface area (Å²) in [5, 5.41) is 4.00. The Morgan fingerprint density at radius 1 is 1.36 bits per heavy atom. The van der Waals surface area contributed by atoms with Crippen LogP contribution in [0.2, 0.25) is 0 Å². The van der Waals surface area contributed by atoms with Gasteiger partial charge in [-0.25, -0.2) is 0 Å². The van der Waals surface area contributed by atoms with Crippen molar-refractivity contribution in [2.45, 2.75) is 30.4 Å². The molecular weight excluding hydrogens is 302 g/mol. The van der Waals surface area contributed by atoms with Crippen molar-refractivity contribution < 1.29 is 14.1 Å². The molecule has 0 unspecified atom stereocenters. The summed E-state index contributed by atoms with van der Waals surface area (Å²) >= 11 is 1.56. The summed E-state index contributed by atoms with van der Waals surface area (Å²) in [7, 11) is 0. The molecular formula is C15H15N3O3S. The number of rotatable bonds is 3. The Balaban J connectivity index is 1.56.